The van der Waals surface area contributed by atoms with E-state index in [0.717, 1.165) is 16.4 Å². The molecule has 4 nitrogen and oxygen atoms in total. The van der Waals surface area contributed by atoms with Crippen molar-refractivity contribution in [1.29, 1.82) is 0 Å². The lowest BCUT2D eigenvalue weighted by atomic mass is 10.2. The minimum atomic E-state index is -0.0401. The molecule has 1 heterocycles. The van der Waals surface area contributed by atoms with Crippen LogP contribution >= 0.6 is 11.3 Å². The predicted molar refractivity (Wildman–Crippen MR) is 83.2 cm³/mol. The fourth-order valence-electron chi connectivity index (χ4n) is 1.77. The van der Waals surface area contributed by atoms with Crippen LogP contribution in [-0.2, 0) is 6.54 Å². The molecule has 1 amide bonds. The lowest BCUT2D eigenvalue weighted by Gasteiger charge is -2.09. The SMILES string of the molecule is Cc1nc(CNc2ccc(C(=O)NC(C)C)cc2)cs1. The number of hydrogen-bond acceptors (Lipinski definition) is 4. The first kappa shape index (κ1) is 14.5. The van der Waals surface area contributed by atoms with Crippen molar-refractivity contribution in [3.05, 3.63) is 45.9 Å². The van der Waals surface area contributed by atoms with Crippen molar-refractivity contribution in [1.82, 2.24) is 10.3 Å². The van der Waals surface area contributed by atoms with Crippen molar-refractivity contribution >= 4 is 22.9 Å². The maximum atomic E-state index is 11.8. The first-order valence-corrected chi connectivity index (χ1v) is 7.48. The van der Waals surface area contributed by atoms with Crippen LogP contribution in [0, 0.1) is 6.92 Å². The van der Waals surface area contributed by atoms with Crippen molar-refractivity contribution < 1.29 is 4.79 Å². The summed E-state index contributed by atoms with van der Waals surface area (Å²) >= 11 is 1.65. The summed E-state index contributed by atoms with van der Waals surface area (Å²) in [6, 6.07) is 7.62. The highest BCUT2D eigenvalue weighted by Crippen LogP contribution is 2.13. The molecule has 0 aliphatic carbocycles. The molecule has 5 heteroatoms. The number of anilines is 1. The van der Waals surface area contributed by atoms with Gasteiger partial charge in [0, 0.05) is 22.7 Å². The van der Waals surface area contributed by atoms with Crippen molar-refractivity contribution in [2.75, 3.05) is 5.32 Å². The minimum absolute atomic E-state index is 0.0401. The zero-order chi connectivity index (χ0) is 14.5. The number of thiazole rings is 1. The maximum absolute atomic E-state index is 11.8. The van der Waals surface area contributed by atoms with E-state index in [9.17, 15) is 4.79 Å². The van der Waals surface area contributed by atoms with Gasteiger partial charge >= 0.3 is 0 Å². The third-order valence-electron chi connectivity index (χ3n) is 2.71. The van der Waals surface area contributed by atoms with E-state index < -0.39 is 0 Å². The normalized spacial score (nSPS) is 10.6. The summed E-state index contributed by atoms with van der Waals surface area (Å²) in [5.74, 6) is -0.0401. The van der Waals surface area contributed by atoms with Gasteiger partial charge in [-0.15, -0.1) is 11.3 Å². The number of aryl methyl sites for hydroxylation is 1. The van der Waals surface area contributed by atoms with Crippen LogP contribution in [0.1, 0.15) is 34.9 Å². The van der Waals surface area contributed by atoms with Crippen LogP contribution in [0.25, 0.3) is 0 Å². The molecule has 0 atom stereocenters. The van der Waals surface area contributed by atoms with Crippen molar-refractivity contribution in [2.24, 2.45) is 0 Å². The molecule has 0 radical (unpaired) electrons. The number of carbonyl (C=O) groups excluding carboxylic acids is 1. The van der Waals surface area contributed by atoms with Gasteiger partial charge in [0.25, 0.3) is 5.91 Å². The van der Waals surface area contributed by atoms with Crippen LogP contribution in [-0.4, -0.2) is 16.9 Å². The third kappa shape index (κ3) is 4.06. The van der Waals surface area contributed by atoms with Crippen LogP contribution in [0.4, 0.5) is 5.69 Å². The predicted octanol–water partition coefficient (Wildman–Crippen LogP) is 3.20. The number of hydrogen-bond donors (Lipinski definition) is 2. The zero-order valence-corrected chi connectivity index (χ0v) is 12.8. The summed E-state index contributed by atoms with van der Waals surface area (Å²) in [4.78, 5) is 16.2. The number of aromatic nitrogens is 1. The fraction of sp³-hybridized carbons (Fsp3) is 0.333. The van der Waals surface area contributed by atoms with E-state index in [1.54, 1.807) is 11.3 Å². The van der Waals surface area contributed by atoms with Gasteiger partial charge in [0.2, 0.25) is 0 Å². The van der Waals surface area contributed by atoms with Gasteiger partial charge in [0.05, 0.1) is 17.2 Å². The summed E-state index contributed by atoms with van der Waals surface area (Å²) in [7, 11) is 0. The Morgan fingerprint density at radius 3 is 2.55 bits per heavy atom. The van der Waals surface area contributed by atoms with E-state index in [-0.39, 0.29) is 11.9 Å². The fourth-order valence-corrected chi connectivity index (χ4v) is 2.38. The van der Waals surface area contributed by atoms with Crippen molar-refractivity contribution in [3.8, 4) is 0 Å². The molecule has 1 aromatic carbocycles. The standard InChI is InChI=1S/C15H19N3OS/c1-10(2)17-15(19)12-4-6-13(7-5-12)16-8-14-9-20-11(3)18-14/h4-7,9-10,16H,8H2,1-3H3,(H,17,19). The first-order valence-electron chi connectivity index (χ1n) is 6.60. The highest BCUT2D eigenvalue weighted by Gasteiger charge is 2.06. The van der Waals surface area contributed by atoms with Crippen LogP contribution < -0.4 is 10.6 Å². The molecule has 0 saturated carbocycles. The van der Waals surface area contributed by atoms with E-state index >= 15 is 0 Å². The van der Waals surface area contributed by atoms with Gasteiger partial charge in [0.15, 0.2) is 0 Å². The highest BCUT2D eigenvalue weighted by atomic mass is 32.1. The van der Waals surface area contributed by atoms with Gasteiger partial charge < -0.3 is 10.6 Å². The second-order valence-electron chi connectivity index (χ2n) is 4.92. The summed E-state index contributed by atoms with van der Waals surface area (Å²) in [5, 5.41) is 9.28. The third-order valence-corrected chi connectivity index (χ3v) is 3.53. The molecule has 2 N–H and O–H groups in total. The van der Waals surface area contributed by atoms with Crippen LogP contribution in [0.2, 0.25) is 0 Å². The number of amides is 1. The first-order chi connectivity index (χ1) is 9.54. The van der Waals surface area contributed by atoms with E-state index in [2.05, 4.69) is 15.6 Å². The topological polar surface area (TPSA) is 54.0 Å². The largest absolute Gasteiger partial charge is 0.379 e. The van der Waals surface area contributed by atoms with Gasteiger partial charge in [-0.25, -0.2) is 4.98 Å². The van der Waals surface area contributed by atoms with Crippen LogP contribution in [0.3, 0.4) is 0 Å². The molecule has 20 heavy (non-hydrogen) atoms. The number of benzene rings is 1. The molecule has 0 aliphatic rings. The number of carbonyl (C=O) groups is 1. The van der Waals surface area contributed by atoms with Gasteiger partial charge in [0.1, 0.15) is 0 Å². The van der Waals surface area contributed by atoms with Gasteiger partial charge in [-0.1, -0.05) is 0 Å². The zero-order valence-electron chi connectivity index (χ0n) is 11.9. The molecule has 2 rings (SSSR count). The van der Waals surface area contributed by atoms with Gasteiger partial charge in [-0.3, -0.25) is 4.79 Å². The van der Waals surface area contributed by atoms with E-state index in [0.29, 0.717) is 12.1 Å². The number of nitrogens with one attached hydrogen (secondary N) is 2. The Labute approximate surface area is 123 Å². The smallest absolute Gasteiger partial charge is 0.251 e. The Morgan fingerprint density at radius 2 is 2.00 bits per heavy atom. The monoisotopic (exact) mass is 289 g/mol. The lowest BCUT2D eigenvalue weighted by molar-refractivity contribution is 0.0943. The van der Waals surface area contributed by atoms with Crippen molar-refractivity contribution in [2.45, 2.75) is 33.4 Å². The Hall–Kier alpha value is -1.88. The Kier molecular flexibility index (Phi) is 4.74. The summed E-state index contributed by atoms with van der Waals surface area (Å²) in [5.41, 5.74) is 2.69. The minimum Gasteiger partial charge on any atom is -0.379 e. The molecular formula is C15H19N3OS. The molecule has 106 valence electrons. The maximum Gasteiger partial charge on any atom is 0.251 e. The summed E-state index contributed by atoms with van der Waals surface area (Å²) in [6.45, 7) is 6.59. The molecule has 2 aromatic rings. The van der Waals surface area contributed by atoms with Crippen LogP contribution in [0.5, 0.6) is 0 Å². The quantitative estimate of drug-likeness (QED) is 0.888. The van der Waals surface area contributed by atoms with Gasteiger partial charge in [-0.2, -0.15) is 0 Å². The second kappa shape index (κ2) is 6.52. The van der Waals surface area contributed by atoms with Crippen LogP contribution in [0.15, 0.2) is 29.6 Å². The molecular weight excluding hydrogens is 270 g/mol. The number of rotatable bonds is 5. The summed E-state index contributed by atoms with van der Waals surface area (Å²) in [6.07, 6.45) is 0. The highest BCUT2D eigenvalue weighted by molar-refractivity contribution is 7.09. The lowest BCUT2D eigenvalue weighted by Crippen LogP contribution is -2.29. The van der Waals surface area contributed by atoms with Crippen molar-refractivity contribution in [3.63, 3.8) is 0 Å². The number of nitrogens with zero attached hydrogens (tertiary/aromatic N) is 1. The van der Waals surface area contributed by atoms with E-state index in [1.807, 2.05) is 50.4 Å². The molecule has 0 aliphatic heterocycles. The average Bonchev–Trinajstić information content (AvgIpc) is 2.82. The van der Waals surface area contributed by atoms with E-state index in [4.69, 9.17) is 0 Å². The molecule has 0 spiro atoms. The molecule has 0 unspecified atom stereocenters. The average molecular weight is 289 g/mol. The Morgan fingerprint density at radius 1 is 1.30 bits per heavy atom. The van der Waals surface area contributed by atoms with Gasteiger partial charge in [-0.05, 0) is 45.0 Å². The second-order valence-corrected chi connectivity index (χ2v) is 5.98. The molecule has 1 aromatic heterocycles. The molecule has 0 saturated heterocycles. The molecule has 0 bridgehead atoms. The Balaban J connectivity index is 1.93. The van der Waals surface area contributed by atoms with E-state index in [1.165, 1.54) is 0 Å². The Bertz CT molecular complexity index is 575. The molecule has 0 fully saturated rings. The summed E-state index contributed by atoms with van der Waals surface area (Å²) < 4.78 is 0.